The molecule has 4 aliphatic heterocycles. The first-order chi connectivity index (χ1) is 22.1. The molecule has 8 heteroatoms. The molecule has 0 amide bonds. The lowest BCUT2D eigenvalue weighted by molar-refractivity contribution is -0.0192. The molecule has 256 valence electrons. The Hall–Kier alpha value is -2.52. The van der Waals surface area contributed by atoms with E-state index in [1.165, 1.54) is 22.3 Å². The molecule has 0 saturated carbocycles. The van der Waals surface area contributed by atoms with Gasteiger partial charge in [0.05, 0.1) is 40.6 Å². The number of hydrogen-bond donors (Lipinski definition) is 2. The van der Waals surface area contributed by atoms with Crippen LogP contribution in [0.15, 0.2) is 24.3 Å². The average Bonchev–Trinajstić information content (AvgIpc) is 3.04. The summed E-state index contributed by atoms with van der Waals surface area (Å²) in [6.07, 6.45) is 5.50. The van der Waals surface area contributed by atoms with Crippen molar-refractivity contribution in [3.63, 3.8) is 0 Å². The Morgan fingerprint density at radius 2 is 0.957 bits per heavy atom. The Morgan fingerprint density at radius 1 is 0.609 bits per heavy atom. The van der Waals surface area contributed by atoms with E-state index in [9.17, 15) is 10.2 Å². The van der Waals surface area contributed by atoms with Gasteiger partial charge in [0.2, 0.25) is 0 Å². The van der Waals surface area contributed by atoms with Crippen LogP contribution in [0.1, 0.15) is 87.7 Å². The zero-order valence-electron chi connectivity index (χ0n) is 29.4. The molecular formula is C38H58N2O6. The van der Waals surface area contributed by atoms with Crippen LogP contribution in [0.2, 0.25) is 0 Å². The van der Waals surface area contributed by atoms with Gasteiger partial charge in [0, 0.05) is 38.3 Å². The van der Waals surface area contributed by atoms with Crippen molar-refractivity contribution in [3.05, 3.63) is 46.5 Å². The van der Waals surface area contributed by atoms with E-state index in [1.807, 2.05) is 0 Å². The molecule has 46 heavy (non-hydrogen) atoms. The number of piperidine rings is 2. The Labute approximate surface area is 277 Å². The lowest BCUT2D eigenvalue weighted by Crippen LogP contribution is -2.48. The van der Waals surface area contributed by atoms with E-state index < -0.39 is 0 Å². The summed E-state index contributed by atoms with van der Waals surface area (Å²) in [4.78, 5) is 5.10. The largest absolute Gasteiger partial charge is 0.493 e. The van der Waals surface area contributed by atoms with Crippen molar-refractivity contribution in [3.8, 4) is 23.0 Å². The van der Waals surface area contributed by atoms with Gasteiger partial charge in [0.1, 0.15) is 0 Å². The van der Waals surface area contributed by atoms with Gasteiger partial charge in [0.25, 0.3) is 0 Å². The predicted molar refractivity (Wildman–Crippen MR) is 182 cm³/mol. The smallest absolute Gasteiger partial charge is 0.161 e. The number of methoxy groups -OCH3 is 4. The van der Waals surface area contributed by atoms with Gasteiger partial charge < -0.3 is 29.2 Å². The van der Waals surface area contributed by atoms with Gasteiger partial charge in [0.15, 0.2) is 23.0 Å². The number of hydrogen-bond acceptors (Lipinski definition) is 8. The molecule has 6 rings (SSSR count). The molecule has 0 bridgehead atoms. The summed E-state index contributed by atoms with van der Waals surface area (Å²) in [5.41, 5.74) is 5.27. The summed E-state index contributed by atoms with van der Waals surface area (Å²) in [5, 5.41) is 21.3. The molecule has 0 aromatic heterocycles. The van der Waals surface area contributed by atoms with Gasteiger partial charge in [-0.2, -0.15) is 0 Å². The Bertz CT molecular complexity index is 1220. The monoisotopic (exact) mass is 638 g/mol. The second-order valence-electron chi connectivity index (χ2n) is 14.7. The number of ether oxygens (including phenoxy) is 4. The minimum Gasteiger partial charge on any atom is -0.493 e. The van der Waals surface area contributed by atoms with Crippen LogP contribution in [0, 0.1) is 23.7 Å². The molecule has 0 spiro atoms. The second kappa shape index (κ2) is 15.1. The number of aliphatic hydroxyl groups is 2. The lowest BCUT2D eigenvalue weighted by Gasteiger charge is -2.46. The molecular weight excluding hydrogens is 580 g/mol. The summed E-state index contributed by atoms with van der Waals surface area (Å²) < 4.78 is 21.8. The molecule has 0 unspecified atom stereocenters. The molecule has 2 saturated heterocycles. The van der Waals surface area contributed by atoms with E-state index in [-0.39, 0.29) is 12.2 Å². The summed E-state index contributed by atoms with van der Waals surface area (Å²) in [6.45, 7) is 13.1. The van der Waals surface area contributed by atoms with Gasteiger partial charge in [-0.3, -0.25) is 9.80 Å². The molecule has 0 aliphatic carbocycles. The Kier molecular flexibility index (Phi) is 11.5. The molecule has 8 nitrogen and oxygen atoms in total. The van der Waals surface area contributed by atoms with Gasteiger partial charge >= 0.3 is 0 Å². The number of nitrogens with zero attached hydrogens (tertiary/aromatic N) is 2. The van der Waals surface area contributed by atoms with Crippen molar-refractivity contribution in [2.24, 2.45) is 23.7 Å². The zero-order valence-corrected chi connectivity index (χ0v) is 29.4. The van der Waals surface area contributed by atoms with Crippen LogP contribution in [0.4, 0.5) is 0 Å². The van der Waals surface area contributed by atoms with E-state index in [0.29, 0.717) is 35.8 Å². The maximum absolute atomic E-state index is 10.6. The molecule has 2 aromatic rings. The van der Waals surface area contributed by atoms with Gasteiger partial charge in [-0.05, 0) is 109 Å². The maximum Gasteiger partial charge on any atom is 0.161 e. The van der Waals surface area contributed by atoms with Gasteiger partial charge in [-0.1, -0.05) is 27.7 Å². The average molecular weight is 639 g/mol. The fourth-order valence-electron chi connectivity index (χ4n) is 8.51. The summed E-state index contributed by atoms with van der Waals surface area (Å²) in [6, 6.07) is 9.05. The molecule has 0 radical (unpaired) electrons. The third kappa shape index (κ3) is 7.46. The third-order valence-electron chi connectivity index (χ3n) is 10.7. The SMILES string of the molecule is COc1cc2c(cc1OC)[C@@H]1C[C@@H](O)[C@@H](CC(C)C)CN1CC2.COc1cc2c(cc1OC)[C@H]1C[C@H](O)[C@H](CC(C)C)CN1CC2. The first-order valence-electron chi connectivity index (χ1n) is 17.4. The van der Waals surface area contributed by atoms with Gasteiger partial charge in [-0.15, -0.1) is 0 Å². The van der Waals surface area contributed by atoms with Crippen LogP contribution in [-0.4, -0.2) is 86.8 Å². The van der Waals surface area contributed by atoms with E-state index >= 15 is 0 Å². The molecule has 6 atom stereocenters. The Morgan fingerprint density at radius 3 is 1.28 bits per heavy atom. The summed E-state index contributed by atoms with van der Waals surface area (Å²) in [5.74, 6) is 5.22. The van der Waals surface area contributed by atoms with Crippen molar-refractivity contribution in [2.45, 2.75) is 90.5 Å². The van der Waals surface area contributed by atoms with Crippen LogP contribution in [0.5, 0.6) is 23.0 Å². The first-order valence-corrected chi connectivity index (χ1v) is 17.4. The van der Waals surface area contributed by atoms with Crippen LogP contribution < -0.4 is 18.9 Å². The van der Waals surface area contributed by atoms with E-state index in [1.54, 1.807) is 28.4 Å². The van der Waals surface area contributed by atoms with Crippen LogP contribution in [0.25, 0.3) is 0 Å². The molecule has 4 heterocycles. The fourth-order valence-corrected chi connectivity index (χ4v) is 8.51. The minimum absolute atomic E-state index is 0.210. The number of aliphatic hydroxyl groups excluding tert-OH is 2. The Balaban J connectivity index is 0.000000181. The summed E-state index contributed by atoms with van der Waals surface area (Å²) in [7, 11) is 6.72. The van der Waals surface area contributed by atoms with Crippen molar-refractivity contribution < 1.29 is 29.2 Å². The highest BCUT2D eigenvalue weighted by molar-refractivity contribution is 5.50. The van der Waals surface area contributed by atoms with Gasteiger partial charge in [-0.25, -0.2) is 0 Å². The zero-order chi connectivity index (χ0) is 33.1. The van der Waals surface area contributed by atoms with Crippen molar-refractivity contribution in [1.82, 2.24) is 9.80 Å². The lowest BCUT2D eigenvalue weighted by atomic mass is 9.79. The molecule has 4 aliphatic rings. The minimum atomic E-state index is -0.210. The number of fused-ring (bicyclic) bond motifs is 6. The van der Waals surface area contributed by atoms with E-state index in [0.717, 1.165) is 87.7 Å². The van der Waals surface area contributed by atoms with Crippen molar-refractivity contribution in [2.75, 3.05) is 54.6 Å². The first kappa shape index (κ1) is 34.8. The van der Waals surface area contributed by atoms with E-state index in [2.05, 4.69) is 61.8 Å². The highest BCUT2D eigenvalue weighted by Crippen LogP contribution is 2.45. The van der Waals surface area contributed by atoms with Crippen molar-refractivity contribution >= 4 is 0 Å². The van der Waals surface area contributed by atoms with Crippen LogP contribution in [0.3, 0.4) is 0 Å². The van der Waals surface area contributed by atoms with E-state index in [4.69, 9.17) is 18.9 Å². The van der Waals surface area contributed by atoms with Crippen LogP contribution >= 0.6 is 0 Å². The standard InChI is InChI=1S/2C19H29NO3/c2*1-12(2)7-14-11-20-6-5-13-8-18(22-3)19(23-4)9-15(13)16(20)10-17(14)21/h2*8-9,12,14,16-17,21H,5-7,10-11H2,1-4H3/t2*14-,16-,17+/m10/s1. The topological polar surface area (TPSA) is 83.9 Å². The summed E-state index contributed by atoms with van der Waals surface area (Å²) >= 11 is 0. The quantitative estimate of drug-likeness (QED) is 0.361. The highest BCUT2D eigenvalue weighted by Gasteiger charge is 2.40. The van der Waals surface area contributed by atoms with Crippen LogP contribution in [-0.2, 0) is 12.8 Å². The maximum atomic E-state index is 10.6. The third-order valence-corrected chi connectivity index (χ3v) is 10.7. The number of benzene rings is 2. The highest BCUT2D eigenvalue weighted by atomic mass is 16.5. The fraction of sp³-hybridized carbons (Fsp3) is 0.684. The molecule has 2 fully saturated rings. The number of rotatable bonds is 8. The predicted octanol–water partition coefficient (Wildman–Crippen LogP) is 6.06. The molecule has 2 N–H and O–H groups in total. The normalized spacial score (nSPS) is 27.5. The van der Waals surface area contributed by atoms with Crippen molar-refractivity contribution in [1.29, 1.82) is 0 Å². The molecule has 2 aromatic carbocycles. The second-order valence-corrected chi connectivity index (χ2v) is 14.7.